The molecule has 0 bridgehead atoms. The highest BCUT2D eigenvalue weighted by atomic mass is 16.7. The second-order valence-corrected chi connectivity index (χ2v) is 15.1. The van der Waals surface area contributed by atoms with E-state index in [1.807, 2.05) is 6.08 Å². The van der Waals surface area contributed by atoms with E-state index in [2.05, 4.69) is 68.5 Å². The zero-order chi connectivity index (χ0) is 41.6. The van der Waals surface area contributed by atoms with Crippen LogP contribution in [-0.2, 0) is 28.5 Å². The minimum Gasteiger partial charge on any atom is -0.462 e. The van der Waals surface area contributed by atoms with Crippen molar-refractivity contribution < 1.29 is 49.0 Å². The minimum absolute atomic E-state index is 0.196. The Balaban J connectivity index is 2.38. The van der Waals surface area contributed by atoms with Crippen molar-refractivity contribution in [3.63, 3.8) is 0 Å². The Kier molecular flexibility index (Phi) is 34.6. The number of hydrogen-bond acceptors (Lipinski definition) is 10. The van der Waals surface area contributed by atoms with Gasteiger partial charge in [-0.15, -0.1) is 0 Å². The Bertz CT molecular complexity index is 1110. The standard InChI is InChI=1S/C47H80O10/c1-3-5-7-9-11-13-15-17-19-20-22-23-25-27-29-31-33-35-42(49)54-38-40(39-55-47-46(53)45(52)44(51)41(37-48)57-47)56-43(50)36-34-32-30-28-26-24-21-18-16-14-12-10-8-6-4-2/h5,7,11,13,17,19,22-23,27,29,40-41,44-48,51-53H,3-4,6,8-10,12,14-16,18,20-21,24-26,28,30-39H2,1-2H3/b7-5+,13-11+,19-17+,23-22+,29-27+/t40-,41-,44+,45?,46?,47-/m0/s1. The second kappa shape index (κ2) is 37.7. The molecular formula is C47H80O10. The maximum absolute atomic E-state index is 12.8. The Morgan fingerprint density at radius 1 is 0.561 bits per heavy atom. The van der Waals surface area contributed by atoms with Crippen molar-refractivity contribution in [1.29, 1.82) is 0 Å². The molecule has 1 aliphatic rings. The highest BCUT2D eigenvalue weighted by Crippen LogP contribution is 2.22. The van der Waals surface area contributed by atoms with E-state index in [0.29, 0.717) is 12.8 Å². The predicted octanol–water partition coefficient (Wildman–Crippen LogP) is 9.44. The van der Waals surface area contributed by atoms with Crippen molar-refractivity contribution >= 4 is 11.9 Å². The summed E-state index contributed by atoms with van der Waals surface area (Å²) >= 11 is 0. The number of ether oxygens (including phenoxy) is 4. The van der Waals surface area contributed by atoms with Crippen molar-refractivity contribution in [2.45, 2.75) is 205 Å². The smallest absolute Gasteiger partial charge is 0.306 e. The topological polar surface area (TPSA) is 152 Å². The fourth-order valence-corrected chi connectivity index (χ4v) is 6.40. The molecule has 1 heterocycles. The van der Waals surface area contributed by atoms with Gasteiger partial charge in [-0.05, 0) is 51.4 Å². The normalized spacial score (nSPS) is 20.8. The first-order valence-corrected chi connectivity index (χ1v) is 22.4. The Morgan fingerprint density at radius 3 is 1.54 bits per heavy atom. The van der Waals surface area contributed by atoms with Crippen LogP contribution in [0.15, 0.2) is 60.8 Å². The summed E-state index contributed by atoms with van der Waals surface area (Å²) in [5.41, 5.74) is 0. The van der Waals surface area contributed by atoms with Crippen LogP contribution in [0.2, 0.25) is 0 Å². The first kappa shape index (κ1) is 52.4. The zero-order valence-corrected chi connectivity index (χ0v) is 35.6. The molecule has 1 rings (SSSR count). The number of unbranched alkanes of at least 4 members (excludes halogenated alkanes) is 15. The first-order valence-electron chi connectivity index (χ1n) is 22.4. The molecule has 0 radical (unpaired) electrons. The minimum atomic E-state index is -1.60. The number of carbonyl (C=O) groups is 2. The van der Waals surface area contributed by atoms with E-state index in [0.717, 1.165) is 57.8 Å². The number of aliphatic hydroxyl groups excluding tert-OH is 4. The van der Waals surface area contributed by atoms with Crippen LogP contribution in [0.3, 0.4) is 0 Å². The van der Waals surface area contributed by atoms with Gasteiger partial charge in [-0.1, -0.05) is 164 Å². The SMILES string of the molecule is CC/C=C/C/C=C/C/C=C/C/C=C/C/C=C/CCCC(=O)OC[C@@H](CO[C@H]1O[C@@H](CO)[C@@H](O)C(O)C1O)OC(=O)CCCCCCCCCCCCCCCCC. The van der Waals surface area contributed by atoms with Gasteiger partial charge in [-0.3, -0.25) is 9.59 Å². The Hall–Kier alpha value is -2.60. The molecule has 1 aliphatic heterocycles. The molecule has 10 nitrogen and oxygen atoms in total. The van der Waals surface area contributed by atoms with Gasteiger partial charge in [0.15, 0.2) is 12.4 Å². The van der Waals surface area contributed by atoms with E-state index in [1.54, 1.807) is 0 Å². The summed E-state index contributed by atoms with van der Waals surface area (Å²) in [5.74, 6) is -0.875. The van der Waals surface area contributed by atoms with Gasteiger partial charge >= 0.3 is 11.9 Å². The molecule has 6 atom stereocenters. The molecule has 1 fully saturated rings. The molecule has 0 saturated carbocycles. The average molecular weight is 805 g/mol. The van der Waals surface area contributed by atoms with Gasteiger partial charge in [0.1, 0.15) is 31.0 Å². The molecule has 328 valence electrons. The van der Waals surface area contributed by atoms with Crippen molar-refractivity contribution in [3.8, 4) is 0 Å². The van der Waals surface area contributed by atoms with Crippen molar-refractivity contribution in [2.24, 2.45) is 0 Å². The van der Waals surface area contributed by atoms with Gasteiger partial charge in [0, 0.05) is 12.8 Å². The van der Waals surface area contributed by atoms with Gasteiger partial charge in [-0.2, -0.15) is 0 Å². The van der Waals surface area contributed by atoms with Crippen LogP contribution in [0.25, 0.3) is 0 Å². The molecule has 0 amide bonds. The highest BCUT2D eigenvalue weighted by Gasteiger charge is 2.44. The van der Waals surface area contributed by atoms with Gasteiger partial charge in [0.05, 0.1) is 13.2 Å². The Labute approximate surface area is 345 Å². The van der Waals surface area contributed by atoms with Crippen LogP contribution in [0.5, 0.6) is 0 Å². The molecule has 0 aromatic rings. The van der Waals surface area contributed by atoms with Crippen LogP contribution in [0.1, 0.15) is 168 Å². The van der Waals surface area contributed by atoms with Gasteiger partial charge < -0.3 is 39.4 Å². The van der Waals surface area contributed by atoms with Crippen LogP contribution in [0.4, 0.5) is 0 Å². The quantitative estimate of drug-likeness (QED) is 0.0274. The third-order valence-electron chi connectivity index (χ3n) is 9.92. The van der Waals surface area contributed by atoms with Gasteiger partial charge in [0.2, 0.25) is 0 Å². The number of hydrogen-bond donors (Lipinski definition) is 4. The lowest BCUT2D eigenvalue weighted by Crippen LogP contribution is -2.59. The van der Waals surface area contributed by atoms with Crippen LogP contribution < -0.4 is 0 Å². The summed E-state index contributed by atoms with van der Waals surface area (Å²) in [6.45, 7) is 3.25. The van der Waals surface area contributed by atoms with E-state index in [4.69, 9.17) is 18.9 Å². The largest absolute Gasteiger partial charge is 0.462 e. The van der Waals surface area contributed by atoms with Crippen LogP contribution in [-0.4, -0.2) is 89.0 Å². The zero-order valence-electron chi connectivity index (χ0n) is 35.6. The van der Waals surface area contributed by atoms with E-state index < -0.39 is 55.4 Å². The Morgan fingerprint density at radius 2 is 1.04 bits per heavy atom. The average Bonchev–Trinajstić information content (AvgIpc) is 3.21. The molecule has 4 N–H and O–H groups in total. The molecule has 0 aliphatic carbocycles. The molecule has 1 saturated heterocycles. The van der Waals surface area contributed by atoms with Crippen LogP contribution >= 0.6 is 0 Å². The van der Waals surface area contributed by atoms with Gasteiger partial charge in [0.25, 0.3) is 0 Å². The number of carbonyl (C=O) groups excluding carboxylic acids is 2. The molecule has 0 aromatic heterocycles. The second-order valence-electron chi connectivity index (χ2n) is 15.1. The third kappa shape index (κ3) is 29.3. The van der Waals surface area contributed by atoms with E-state index in [9.17, 15) is 30.0 Å². The summed E-state index contributed by atoms with van der Waals surface area (Å²) in [4.78, 5) is 25.3. The summed E-state index contributed by atoms with van der Waals surface area (Å²) in [5, 5.41) is 40.1. The van der Waals surface area contributed by atoms with Crippen molar-refractivity contribution in [2.75, 3.05) is 19.8 Å². The summed E-state index contributed by atoms with van der Waals surface area (Å²) in [6, 6.07) is 0. The summed E-state index contributed by atoms with van der Waals surface area (Å²) in [7, 11) is 0. The fraction of sp³-hybridized carbons (Fsp3) is 0.745. The van der Waals surface area contributed by atoms with Crippen molar-refractivity contribution in [1.82, 2.24) is 0 Å². The predicted molar refractivity (Wildman–Crippen MR) is 228 cm³/mol. The lowest BCUT2D eigenvalue weighted by Gasteiger charge is -2.39. The summed E-state index contributed by atoms with van der Waals surface area (Å²) in [6.07, 6.45) is 38.0. The van der Waals surface area contributed by atoms with Gasteiger partial charge in [-0.25, -0.2) is 0 Å². The van der Waals surface area contributed by atoms with E-state index in [1.165, 1.54) is 70.6 Å². The molecule has 57 heavy (non-hydrogen) atoms. The van der Waals surface area contributed by atoms with Crippen LogP contribution in [0, 0.1) is 0 Å². The number of esters is 2. The third-order valence-corrected chi connectivity index (χ3v) is 9.92. The molecular weight excluding hydrogens is 725 g/mol. The summed E-state index contributed by atoms with van der Waals surface area (Å²) < 4.78 is 22.1. The van der Waals surface area contributed by atoms with Crippen molar-refractivity contribution in [3.05, 3.63) is 60.8 Å². The first-order chi connectivity index (χ1) is 27.8. The number of rotatable bonds is 36. The molecule has 10 heteroatoms. The highest BCUT2D eigenvalue weighted by molar-refractivity contribution is 5.70. The van der Waals surface area contributed by atoms with E-state index >= 15 is 0 Å². The monoisotopic (exact) mass is 805 g/mol. The lowest BCUT2D eigenvalue weighted by atomic mass is 9.99. The molecule has 0 aromatic carbocycles. The number of aliphatic hydroxyl groups is 4. The number of allylic oxidation sites excluding steroid dienone is 10. The molecule has 0 spiro atoms. The maximum Gasteiger partial charge on any atom is 0.306 e. The van der Waals surface area contributed by atoms with E-state index in [-0.39, 0.29) is 26.1 Å². The lowest BCUT2D eigenvalue weighted by molar-refractivity contribution is -0.305. The fourth-order valence-electron chi connectivity index (χ4n) is 6.40. The molecule has 2 unspecified atom stereocenters. The maximum atomic E-state index is 12.8.